The summed E-state index contributed by atoms with van der Waals surface area (Å²) in [5, 5.41) is 9.50. The molecule has 2 aromatic rings. The van der Waals surface area contributed by atoms with Crippen LogP contribution >= 0.6 is 0 Å². The first-order chi connectivity index (χ1) is 15.1. The number of benzene rings is 1. The van der Waals surface area contributed by atoms with Gasteiger partial charge < -0.3 is 24.6 Å². The van der Waals surface area contributed by atoms with Crippen molar-refractivity contribution in [2.24, 2.45) is 0 Å². The van der Waals surface area contributed by atoms with E-state index in [0.717, 1.165) is 51.4 Å². The molecule has 1 aromatic heterocycles. The van der Waals surface area contributed by atoms with Gasteiger partial charge in [0.15, 0.2) is 11.5 Å². The maximum atomic E-state index is 12.2. The third-order valence-electron chi connectivity index (χ3n) is 4.83. The van der Waals surface area contributed by atoms with Gasteiger partial charge in [0, 0.05) is 37.8 Å². The Morgan fingerprint density at radius 1 is 1.19 bits per heavy atom. The van der Waals surface area contributed by atoms with Crippen molar-refractivity contribution < 1.29 is 23.6 Å². The Hall–Kier alpha value is -2.91. The Morgan fingerprint density at radius 3 is 2.71 bits per heavy atom. The highest BCUT2D eigenvalue weighted by Crippen LogP contribution is 2.17. The van der Waals surface area contributed by atoms with Gasteiger partial charge in [-0.3, -0.25) is 14.5 Å². The average molecular weight is 431 g/mol. The van der Waals surface area contributed by atoms with Crippen LogP contribution in [-0.2, 0) is 16.1 Å². The molecular formula is C22H30N4O5. The Kier molecular flexibility index (Phi) is 8.86. The second kappa shape index (κ2) is 12.1. The van der Waals surface area contributed by atoms with E-state index in [2.05, 4.69) is 20.7 Å². The molecule has 2 heterocycles. The third kappa shape index (κ3) is 7.69. The summed E-state index contributed by atoms with van der Waals surface area (Å²) in [7, 11) is 0. The first kappa shape index (κ1) is 22.8. The molecule has 0 bridgehead atoms. The van der Waals surface area contributed by atoms with Gasteiger partial charge in [-0.1, -0.05) is 12.1 Å². The molecular weight excluding hydrogens is 400 g/mol. The first-order valence-electron chi connectivity index (χ1n) is 10.7. The molecule has 2 amide bonds. The lowest BCUT2D eigenvalue weighted by Crippen LogP contribution is -2.38. The number of morpholine rings is 1. The molecule has 1 aliphatic heterocycles. The molecule has 1 fully saturated rings. The zero-order chi connectivity index (χ0) is 21.9. The lowest BCUT2D eigenvalue weighted by molar-refractivity contribution is -0.116. The second-order valence-electron chi connectivity index (χ2n) is 7.35. The highest BCUT2D eigenvalue weighted by Gasteiger charge is 2.14. The van der Waals surface area contributed by atoms with E-state index in [-0.39, 0.29) is 24.1 Å². The number of nitrogens with zero attached hydrogens (tertiary/aromatic N) is 2. The lowest BCUT2D eigenvalue weighted by atomic mass is 10.2. The molecule has 9 nitrogen and oxygen atoms in total. The van der Waals surface area contributed by atoms with Gasteiger partial charge >= 0.3 is 0 Å². The minimum Gasteiger partial charge on any atom is -0.486 e. The minimum absolute atomic E-state index is 0.00951. The van der Waals surface area contributed by atoms with Crippen molar-refractivity contribution in [3.05, 3.63) is 41.8 Å². The van der Waals surface area contributed by atoms with Crippen LogP contribution < -0.4 is 15.4 Å². The predicted octanol–water partition coefficient (Wildman–Crippen LogP) is 2.44. The summed E-state index contributed by atoms with van der Waals surface area (Å²) in [6.45, 7) is 7.05. The summed E-state index contributed by atoms with van der Waals surface area (Å²) in [5.41, 5.74) is 0.956. The Morgan fingerprint density at radius 2 is 1.97 bits per heavy atom. The van der Waals surface area contributed by atoms with Crippen LogP contribution in [0, 0.1) is 0 Å². The van der Waals surface area contributed by atoms with Crippen LogP contribution in [0.4, 0.5) is 5.69 Å². The van der Waals surface area contributed by atoms with E-state index in [9.17, 15) is 9.59 Å². The summed E-state index contributed by atoms with van der Waals surface area (Å²) in [6.07, 6.45) is 2.17. The van der Waals surface area contributed by atoms with Gasteiger partial charge in [0.05, 0.1) is 13.2 Å². The zero-order valence-electron chi connectivity index (χ0n) is 17.9. The summed E-state index contributed by atoms with van der Waals surface area (Å²) >= 11 is 0. The highest BCUT2D eigenvalue weighted by atomic mass is 16.5. The lowest BCUT2D eigenvalue weighted by Gasteiger charge is -2.26. The van der Waals surface area contributed by atoms with Crippen molar-refractivity contribution in [1.29, 1.82) is 0 Å². The summed E-state index contributed by atoms with van der Waals surface area (Å²) in [5.74, 6) is 0.812. The summed E-state index contributed by atoms with van der Waals surface area (Å²) < 4.78 is 16.2. The number of amides is 2. The number of hydrogen-bond donors (Lipinski definition) is 2. The van der Waals surface area contributed by atoms with Crippen molar-refractivity contribution in [1.82, 2.24) is 15.4 Å². The Bertz CT molecular complexity index is 831. The molecule has 0 atom stereocenters. The van der Waals surface area contributed by atoms with Crippen LogP contribution in [0.2, 0.25) is 0 Å². The number of nitrogens with one attached hydrogen (secondary N) is 2. The van der Waals surface area contributed by atoms with Crippen LogP contribution in [-0.4, -0.2) is 61.3 Å². The smallest absolute Gasteiger partial charge is 0.273 e. The minimum atomic E-state index is -0.260. The molecule has 1 aliphatic rings. The van der Waals surface area contributed by atoms with E-state index in [0.29, 0.717) is 24.5 Å². The molecule has 2 N–H and O–H groups in total. The Labute approximate surface area is 182 Å². The molecule has 168 valence electrons. The van der Waals surface area contributed by atoms with Gasteiger partial charge in [-0.25, -0.2) is 0 Å². The molecule has 1 saturated heterocycles. The maximum Gasteiger partial charge on any atom is 0.273 e. The van der Waals surface area contributed by atoms with E-state index in [1.807, 2.05) is 6.92 Å². The third-order valence-corrected chi connectivity index (χ3v) is 4.83. The maximum absolute atomic E-state index is 12.2. The first-order valence-corrected chi connectivity index (χ1v) is 10.7. The van der Waals surface area contributed by atoms with E-state index in [4.69, 9.17) is 14.0 Å². The fourth-order valence-corrected chi connectivity index (χ4v) is 3.15. The van der Waals surface area contributed by atoms with Crippen LogP contribution in [0.1, 0.15) is 42.4 Å². The predicted molar refractivity (Wildman–Crippen MR) is 115 cm³/mol. The molecule has 9 heteroatoms. The van der Waals surface area contributed by atoms with Crippen molar-refractivity contribution in [3.8, 4) is 5.75 Å². The molecule has 0 unspecified atom stereocenters. The second-order valence-corrected chi connectivity index (χ2v) is 7.35. The normalized spacial score (nSPS) is 14.2. The number of carbonyl (C=O) groups is 2. The van der Waals surface area contributed by atoms with E-state index < -0.39 is 0 Å². The van der Waals surface area contributed by atoms with Gasteiger partial charge in [0.1, 0.15) is 12.4 Å². The van der Waals surface area contributed by atoms with Crippen molar-refractivity contribution in [2.75, 3.05) is 44.7 Å². The van der Waals surface area contributed by atoms with Gasteiger partial charge in [-0.05, 0) is 43.7 Å². The van der Waals surface area contributed by atoms with Crippen molar-refractivity contribution in [3.63, 3.8) is 0 Å². The Balaban J connectivity index is 1.37. The molecule has 0 saturated carbocycles. The summed E-state index contributed by atoms with van der Waals surface area (Å²) in [4.78, 5) is 26.2. The van der Waals surface area contributed by atoms with Crippen LogP contribution in [0.3, 0.4) is 0 Å². The largest absolute Gasteiger partial charge is 0.486 e. The molecule has 31 heavy (non-hydrogen) atoms. The number of anilines is 1. The number of aromatic nitrogens is 1. The number of rotatable bonds is 11. The summed E-state index contributed by atoms with van der Waals surface area (Å²) in [6, 6.07) is 8.66. The molecule has 1 aromatic carbocycles. The van der Waals surface area contributed by atoms with Crippen molar-refractivity contribution in [2.45, 2.75) is 32.8 Å². The van der Waals surface area contributed by atoms with Gasteiger partial charge in [-0.2, -0.15) is 0 Å². The molecule has 0 radical (unpaired) electrons. The van der Waals surface area contributed by atoms with Gasteiger partial charge in [0.25, 0.3) is 5.91 Å². The van der Waals surface area contributed by atoms with Crippen LogP contribution in [0.15, 0.2) is 34.9 Å². The fourth-order valence-electron chi connectivity index (χ4n) is 3.15. The highest BCUT2D eigenvalue weighted by molar-refractivity contribution is 5.92. The average Bonchev–Trinajstić information content (AvgIpc) is 3.26. The van der Waals surface area contributed by atoms with Crippen molar-refractivity contribution >= 4 is 17.5 Å². The van der Waals surface area contributed by atoms with E-state index in [1.165, 1.54) is 0 Å². The van der Waals surface area contributed by atoms with Crippen LogP contribution in [0.25, 0.3) is 0 Å². The monoisotopic (exact) mass is 430 g/mol. The van der Waals surface area contributed by atoms with E-state index in [1.54, 1.807) is 30.3 Å². The topological polar surface area (TPSA) is 106 Å². The number of hydrogen-bond acceptors (Lipinski definition) is 7. The number of ether oxygens (including phenoxy) is 2. The molecule has 3 rings (SSSR count). The zero-order valence-corrected chi connectivity index (χ0v) is 17.9. The van der Waals surface area contributed by atoms with Crippen LogP contribution in [0.5, 0.6) is 5.75 Å². The SMILES string of the molecule is CCCC(=O)Nc1ccc(OCc2cc(C(=O)NCCCN3CCOCC3)no2)cc1. The standard InChI is InChI=1S/C22H30N4O5/c1-2-4-21(27)24-17-5-7-18(8-6-17)30-16-19-15-20(25-31-19)22(28)23-9-3-10-26-11-13-29-14-12-26/h5-8,15H,2-4,9-14,16H2,1H3,(H,23,28)(H,24,27). The van der Waals surface area contributed by atoms with Gasteiger partial charge in [0.2, 0.25) is 5.91 Å². The quantitative estimate of drug-likeness (QED) is 0.528. The molecule has 0 aliphatic carbocycles. The molecule has 0 spiro atoms. The van der Waals surface area contributed by atoms with E-state index >= 15 is 0 Å². The fraction of sp³-hybridized carbons (Fsp3) is 0.500. The van der Waals surface area contributed by atoms with Gasteiger partial charge in [-0.15, -0.1) is 0 Å². The number of carbonyl (C=O) groups excluding carboxylic acids is 2.